The molecular weight excluding hydrogens is 314 g/mol. The molecule has 0 spiro atoms. The van der Waals surface area contributed by atoms with E-state index in [0.29, 0.717) is 0 Å². The lowest BCUT2D eigenvalue weighted by Crippen LogP contribution is -2.23. The van der Waals surface area contributed by atoms with E-state index in [-0.39, 0.29) is 0 Å². The van der Waals surface area contributed by atoms with Crippen LogP contribution in [-0.4, -0.2) is 13.1 Å². The first-order valence-corrected chi connectivity index (χ1v) is 11.7. The van der Waals surface area contributed by atoms with Crippen LogP contribution >= 0.6 is 0 Å². The molecule has 3 rings (SSSR count). The quantitative estimate of drug-likeness (QED) is 0.410. The monoisotopic (exact) mass is 355 g/mol. The van der Waals surface area contributed by atoms with Crippen molar-refractivity contribution in [3.05, 3.63) is 29.8 Å². The molecule has 0 unspecified atom stereocenters. The van der Waals surface area contributed by atoms with Gasteiger partial charge in [0.1, 0.15) is 0 Å². The molecule has 1 aromatic rings. The van der Waals surface area contributed by atoms with Crippen LogP contribution in [0.3, 0.4) is 0 Å². The van der Waals surface area contributed by atoms with Gasteiger partial charge in [0, 0.05) is 18.8 Å². The Balaban J connectivity index is 1.38. The second kappa shape index (κ2) is 11.0. The zero-order valence-electron chi connectivity index (χ0n) is 17.2. The molecule has 1 nitrogen and oxygen atoms in total. The Morgan fingerprint density at radius 2 is 1.42 bits per heavy atom. The van der Waals surface area contributed by atoms with E-state index >= 15 is 0 Å². The zero-order valence-corrected chi connectivity index (χ0v) is 17.2. The normalized spacial score (nSPS) is 19.6. The van der Waals surface area contributed by atoms with Gasteiger partial charge in [-0.25, -0.2) is 0 Å². The second-order valence-corrected chi connectivity index (χ2v) is 8.86. The second-order valence-electron chi connectivity index (χ2n) is 8.86. The number of nitrogens with zero attached hydrogens (tertiary/aromatic N) is 1. The van der Waals surface area contributed by atoms with Crippen LogP contribution in [0.5, 0.6) is 0 Å². The van der Waals surface area contributed by atoms with Crippen molar-refractivity contribution in [3.8, 4) is 0 Å². The van der Waals surface area contributed by atoms with E-state index in [1.165, 1.54) is 102 Å². The molecule has 0 heterocycles. The highest BCUT2D eigenvalue weighted by atomic mass is 15.1. The SMILES string of the molecule is CCN(CCCCCC1CCCCC1)c1ccc(C2CCCCC2)cc1. The molecule has 0 bridgehead atoms. The summed E-state index contributed by atoms with van der Waals surface area (Å²) in [7, 11) is 0. The maximum atomic E-state index is 2.57. The van der Waals surface area contributed by atoms with Gasteiger partial charge >= 0.3 is 0 Å². The number of hydrogen-bond acceptors (Lipinski definition) is 1. The minimum absolute atomic E-state index is 0.827. The van der Waals surface area contributed by atoms with Gasteiger partial charge in [0.05, 0.1) is 0 Å². The number of anilines is 1. The third-order valence-electron chi connectivity index (χ3n) is 6.98. The van der Waals surface area contributed by atoms with Crippen molar-refractivity contribution in [1.82, 2.24) is 0 Å². The van der Waals surface area contributed by atoms with Crippen molar-refractivity contribution >= 4 is 5.69 Å². The maximum absolute atomic E-state index is 2.57. The number of rotatable bonds is 9. The molecule has 0 aromatic heterocycles. The summed E-state index contributed by atoms with van der Waals surface area (Å²) in [5.41, 5.74) is 3.01. The van der Waals surface area contributed by atoms with E-state index in [2.05, 4.69) is 36.1 Å². The summed E-state index contributed by atoms with van der Waals surface area (Å²) in [6.45, 7) is 4.66. The Kier molecular flexibility index (Phi) is 8.36. The van der Waals surface area contributed by atoms with Crippen molar-refractivity contribution in [1.29, 1.82) is 0 Å². The van der Waals surface area contributed by atoms with Gasteiger partial charge in [-0.3, -0.25) is 0 Å². The molecule has 2 aliphatic rings. The lowest BCUT2D eigenvalue weighted by molar-refractivity contribution is 0.329. The van der Waals surface area contributed by atoms with Crippen molar-refractivity contribution < 1.29 is 0 Å². The third-order valence-corrected chi connectivity index (χ3v) is 6.98. The molecule has 1 heteroatoms. The van der Waals surface area contributed by atoms with Crippen LogP contribution in [0.1, 0.15) is 108 Å². The summed E-state index contributed by atoms with van der Waals surface area (Å²) >= 11 is 0. The maximum Gasteiger partial charge on any atom is 0.0366 e. The summed E-state index contributed by atoms with van der Waals surface area (Å²) in [5, 5.41) is 0. The van der Waals surface area contributed by atoms with Gasteiger partial charge < -0.3 is 4.90 Å². The standard InChI is InChI=1S/C25H41N/c1-2-26(21-11-5-8-14-22-12-6-3-7-13-22)25-19-17-24(18-20-25)23-15-9-4-10-16-23/h17-20,22-23H,2-16,21H2,1H3. The van der Waals surface area contributed by atoms with E-state index in [9.17, 15) is 0 Å². The molecule has 2 aliphatic carbocycles. The van der Waals surface area contributed by atoms with Crippen LogP contribution in [0.2, 0.25) is 0 Å². The minimum Gasteiger partial charge on any atom is -0.372 e. The molecule has 0 aliphatic heterocycles. The number of unbranched alkanes of at least 4 members (excludes halogenated alkanes) is 2. The lowest BCUT2D eigenvalue weighted by Gasteiger charge is -2.26. The summed E-state index contributed by atoms with van der Waals surface area (Å²) < 4.78 is 0. The Labute approximate surface area is 162 Å². The minimum atomic E-state index is 0.827. The molecule has 1 aromatic carbocycles. The first-order valence-electron chi connectivity index (χ1n) is 11.7. The van der Waals surface area contributed by atoms with Gasteiger partial charge in [-0.1, -0.05) is 82.8 Å². The van der Waals surface area contributed by atoms with Gasteiger partial charge in [-0.05, 0) is 55.7 Å². The average molecular weight is 356 g/mol. The largest absolute Gasteiger partial charge is 0.372 e. The lowest BCUT2D eigenvalue weighted by atomic mass is 9.84. The van der Waals surface area contributed by atoms with E-state index in [1.807, 2.05) is 0 Å². The van der Waals surface area contributed by atoms with E-state index in [4.69, 9.17) is 0 Å². The van der Waals surface area contributed by atoms with Gasteiger partial charge in [-0.2, -0.15) is 0 Å². The van der Waals surface area contributed by atoms with Gasteiger partial charge in [0.2, 0.25) is 0 Å². The highest BCUT2D eigenvalue weighted by Crippen LogP contribution is 2.33. The summed E-state index contributed by atoms with van der Waals surface area (Å²) in [6, 6.07) is 9.60. The molecular formula is C25H41N. The van der Waals surface area contributed by atoms with E-state index in [0.717, 1.165) is 18.4 Å². The van der Waals surface area contributed by atoms with Crippen molar-refractivity contribution in [2.75, 3.05) is 18.0 Å². The molecule has 0 saturated heterocycles. The van der Waals surface area contributed by atoms with Crippen LogP contribution in [-0.2, 0) is 0 Å². The number of benzene rings is 1. The highest BCUT2D eigenvalue weighted by molar-refractivity contribution is 5.48. The third kappa shape index (κ3) is 6.03. The first kappa shape index (κ1) is 19.8. The Hall–Kier alpha value is -0.980. The van der Waals surface area contributed by atoms with Crippen molar-refractivity contribution in [2.24, 2.45) is 5.92 Å². The zero-order chi connectivity index (χ0) is 18.0. The van der Waals surface area contributed by atoms with Crippen LogP contribution < -0.4 is 4.90 Å². The van der Waals surface area contributed by atoms with E-state index < -0.39 is 0 Å². The van der Waals surface area contributed by atoms with Gasteiger partial charge in [-0.15, -0.1) is 0 Å². The predicted octanol–water partition coefficient (Wildman–Crippen LogP) is 7.70. The Morgan fingerprint density at radius 3 is 2.08 bits per heavy atom. The Morgan fingerprint density at radius 1 is 0.769 bits per heavy atom. The van der Waals surface area contributed by atoms with Crippen LogP contribution in [0.15, 0.2) is 24.3 Å². The van der Waals surface area contributed by atoms with Crippen LogP contribution in [0.25, 0.3) is 0 Å². The summed E-state index contributed by atoms with van der Waals surface area (Å²) in [5.74, 6) is 1.88. The molecule has 26 heavy (non-hydrogen) atoms. The van der Waals surface area contributed by atoms with Crippen molar-refractivity contribution in [2.45, 2.75) is 103 Å². The molecule has 146 valence electrons. The fraction of sp³-hybridized carbons (Fsp3) is 0.760. The number of hydrogen-bond donors (Lipinski definition) is 0. The fourth-order valence-electron chi connectivity index (χ4n) is 5.25. The molecule has 0 atom stereocenters. The topological polar surface area (TPSA) is 3.24 Å². The summed E-state index contributed by atoms with van der Waals surface area (Å²) in [6.07, 6.45) is 20.3. The molecule has 0 amide bonds. The van der Waals surface area contributed by atoms with E-state index in [1.54, 1.807) is 5.56 Å². The molecule has 0 N–H and O–H groups in total. The Bertz CT molecular complexity index is 479. The molecule has 2 saturated carbocycles. The predicted molar refractivity (Wildman–Crippen MR) is 115 cm³/mol. The average Bonchev–Trinajstić information content (AvgIpc) is 2.72. The van der Waals surface area contributed by atoms with Crippen molar-refractivity contribution in [3.63, 3.8) is 0 Å². The van der Waals surface area contributed by atoms with Crippen LogP contribution in [0.4, 0.5) is 5.69 Å². The van der Waals surface area contributed by atoms with Gasteiger partial charge in [0.15, 0.2) is 0 Å². The first-order chi connectivity index (χ1) is 12.9. The fourth-order valence-corrected chi connectivity index (χ4v) is 5.25. The smallest absolute Gasteiger partial charge is 0.0366 e. The van der Waals surface area contributed by atoms with Crippen LogP contribution in [0, 0.1) is 5.92 Å². The molecule has 2 fully saturated rings. The molecule has 0 radical (unpaired) electrons. The highest BCUT2D eigenvalue weighted by Gasteiger charge is 2.16. The van der Waals surface area contributed by atoms with Gasteiger partial charge in [0.25, 0.3) is 0 Å². The summed E-state index contributed by atoms with van der Waals surface area (Å²) in [4.78, 5) is 2.57.